The third kappa shape index (κ3) is 5.06. The molecule has 0 radical (unpaired) electrons. The second-order valence-electron chi connectivity index (χ2n) is 9.57. The lowest BCUT2D eigenvalue weighted by Crippen LogP contribution is -2.50. The zero-order valence-electron chi connectivity index (χ0n) is 19.5. The van der Waals surface area contributed by atoms with Gasteiger partial charge in [-0.2, -0.15) is 13.2 Å². The number of aryl methyl sites for hydroxylation is 1. The summed E-state index contributed by atoms with van der Waals surface area (Å²) >= 11 is 0. The highest BCUT2D eigenvalue weighted by Crippen LogP contribution is 2.38. The number of fused-ring (bicyclic) bond motifs is 3. The first-order valence-corrected chi connectivity index (χ1v) is 11.3. The maximum absolute atomic E-state index is 13.7. The van der Waals surface area contributed by atoms with E-state index < -0.39 is 17.5 Å². The molecule has 0 spiro atoms. The molecule has 0 saturated carbocycles. The van der Waals surface area contributed by atoms with E-state index in [4.69, 9.17) is 4.74 Å². The van der Waals surface area contributed by atoms with Gasteiger partial charge in [0.1, 0.15) is 11.4 Å². The Bertz CT molecular complexity index is 1190. The van der Waals surface area contributed by atoms with E-state index in [1.165, 1.54) is 18.3 Å². The van der Waals surface area contributed by atoms with Crippen molar-refractivity contribution < 1.29 is 27.8 Å². The number of halogens is 3. The fourth-order valence-electron chi connectivity index (χ4n) is 4.41. The van der Waals surface area contributed by atoms with Gasteiger partial charge < -0.3 is 19.3 Å². The summed E-state index contributed by atoms with van der Waals surface area (Å²) in [6, 6.07) is 6.19. The molecule has 0 atom stereocenters. The van der Waals surface area contributed by atoms with Gasteiger partial charge in [0, 0.05) is 55.8 Å². The van der Waals surface area contributed by atoms with E-state index in [1.54, 1.807) is 21.6 Å². The van der Waals surface area contributed by atoms with Crippen LogP contribution in [0.3, 0.4) is 0 Å². The third-order valence-electron chi connectivity index (χ3n) is 5.91. The van der Waals surface area contributed by atoms with Crippen molar-refractivity contribution in [3.8, 4) is 5.75 Å². The summed E-state index contributed by atoms with van der Waals surface area (Å²) in [5, 5.41) is 11.1. The predicted octanol–water partition coefficient (Wildman–Crippen LogP) is 4.86. The van der Waals surface area contributed by atoms with E-state index in [2.05, 4.69) is 9.88 Å². The minimum absolute atomic E-state index is 0.00339. The molecule has 1 saturated heterocycles. The summed E-state index contributed by atoms with van der Waals surface area (Å²) in [6.07, 6.45) is -3.14. The maximum Gasteiger partial charge on any atom is 0.435 e. The molecule has 184 valence electrons. The topological polar surface area (TPSA) is 70.8 Å². The number of aromatic nitrogens is 2. The fourth-order valence-corrected chi connectivity index (χ4v) is 4.41. The van der Waals surface area contributed by atoms with Crippen molar-refractivity contribution in [3.05, 3.63) is 36.2 Å². The molecule has 34 heavy (non-hydrogen) atoms. The van der Waals surface area contributed by atoms with E-state index in [0.29, 0.717) is 62.0 Å². The second-order valence-corrected chi connectivity index (χ2v) is 9.57. The number of pyridine rings is 1. The van der Waals surface area contributed by atoms with Crippen LogP contribution in [0.2, 0.25) is 0 Å². The number of phenolic OH excluding ortho intramolecular Hbond substituents is 1. The van der Waals surface area contributed by atoms with Crippen molar-refractivity contribution in [2.24, 2.45) is 0 Å². The minimum atomic E-state index is -4.59. The van der Waals surface area contributed by atoms with Crippen molar-refractivity contribution in [1.29, 1.82) is 0 Å². The average Bonchev–Trinajstić information content (AvgIpc) is 3.05. The number of carbonyl (C=O) groups excluding carboxylic acids is 1. The van der Waals surface area contributed by atoms with Crippen molar-refractivity contribution in [2.75, 3.05) is 32.7 Å². The third-order valence-corrected chi connectivity index (χ3v) is 5.91. The summed E-state index contributed by atoms with van der Waals surface area (Å²) in [5.41, 5.74) is -0.894. The number of ether oxygens (including phenoxy) is 1. The maximum atomic E-state index is 13.7. The van der Waals surface area contributed by atoms with E-state index >= 15 is 0 Å². The molecule has 0 bridgehead atoms. The van der Waals surface area contributed by atoms with E-state index in [1.807, 2.05) is 20.8 Å². The Morgan fingerprint density at radius 1 is 1.06 bits per heavy atom. The molecule has 2 aromatic heterocycles. The first kappa shape index (κ1) is 24.1. The normalized spacial score (nSPS) is 15.9. The molecule has 1 aliphatic heterocycles. The van der Waals surface area contributed by atoms with E-state index in [-0.39, 0.29) is 17.4 Å². The SMILES string of the molecule is CC(C)(C)OC(=O)N1CCN(CCCn2c3cc(O)ccc3c3ccnc(C(F)(F)F)c32)CC1. The molecular weight excluding hydrogens is 449 g/mol. The number of piperazine rings is 1. The van der Waals surface area contributed by atoms with Gasteiger partial charge in [-0.05, 0) is 51.9 Å². The highest BCUT2D eigenvalue weighted by atomic mass is 19.4. The Morgan fingerprint density at radius 2 is 1.76 bits per heavy atom. The van der Waals surface area contributed by atoms with Crippen molar-refractivity contribution in [3.63, 3.8) is 0 Å². The van der Waals surface area contributed by atoms with E-state index in [9.17, 15) is 23.1 Å². The van der Waals surface area contributed by atoms with Gasteiger partial charge in [0.25, 0.3) is 0 Å². The van der Waals surface area contributed by atoms with Crippen LogP contribution in [0.5, 0.6) is 5.75 Å². The summed E-state index contributed by atoms with van der Waals surface area (Å²) < 4.78 is 48.3. The fraction of sp³-hybridized carbons (Fsp3) is 0.500. The Balaban J connectivity index is 1.49. The molecule has 1 N–H and O–H groups in total. The Morgan fingerprint density at radius 3 is 2.41 bits per heavy atom. The lowest BCUT2D eigenvalue weighted by molar-refractivity contribution is -0.140. The lowest BCUT2D eigenvalue weighted by Gasteiger charge is -2.35. The molecule has 0 unspecified atom stereocenters. The number of rotatable bonds is 4. The molecule has 1 aliphatic rings. The van der Waals surface area contributed by atoms with Crippen LogP contribution in [-0.2, 0) is 17.5 Å². The Labute approximate surface area is 195 Å². The molecule has 4 rings (SSSR count). The zero-order chi connectivity index (χ0) is 24.7. The van der Waals surface area contributed by atoms with E-state index in [0.717, 1.165) is 0 Å². The largest absolute Gasteiger partial charge is 0.508 e. The number of benzene rings is 1. The minimum Gasteiger partial charge on any atom is -0.508 e. The predicted molar refractivity (Wildman–Crippen MR) is 123 cm³/mol. The standard InChI is InChI=1S/C24H29F3N4O3/c1-23(2,3)34-22(33)30-13-11-29(12-14-30)9-4-10-31-19-15-16(32)5-6-17(19)18-7-8-28-21(20(18)31)24(25,26)27/h5-8,15,32H,4,9-14H2,1-3H3. The molecule has 0 aliphatic carbocycles. The van der Waals surface area contributed by atoms with Gasteiger partial charge in [-0.25, -0.2) is 9.78 Å². The van der Waals surface area contributed by atoms with Gasteiger partial charge in [0.2, 0.25) is 0 Å². The number of aromatic hydroxyl groups is 1. The summed E-state index contributed by atoms with van der Waals surface area (Å²) in [5.74, 6) is -0.00339. The van der Waals surface area contributed by atoms with Gasteiger partial charge >= 0.3 is 12.3 Å². The van der Waals surface area contributed by atoms with Crippen molar-refractivity contribution in [2.45, 2.75) is 45.5 Å². The summed E-state index contributed by atoms with van der Waals surface area (Å²) in [7, 11) is 0. The summed E-state index contributed by atoms with van der Waals surface area (Å²) in [4.78, 5) is 19.7. The Hall–Kier alpha value is -3.01. The van der Waals surface area contributed by atoms with Gasteiger partial charge in [-0.3, -0.25) is 4.90 Å². The van der Waals surface area contributed by atoms with Crippen molar-refractivity contribution in [1.82, 2.24) is 19.4 Å². The number of hydrogen-bond donors (Lipinski definition) is 1. The van der Waals surface area contributed by atoms with Gasteiger partial charge in [0.15, 0.2) is 5.69 Å². The van der Waals surface area contributed by atoms with Crippen LogP contribution >= 0.6 is 0 Å². The highest BCUT2D eigenvalue weighted by molar-refractivity contribution is 6.09. The molecule has 1 fully saturated rings. The van der Waals surface area contributed by atoms with Gasteiger partial charge in [0.05, 0.1) is 11.0 Å². The number of nitrogens with zero attached hydrogens (tertiary/aromatic N) is 4. The van der Waals surface area contributed by atoms with Crippen LogP contribution in [-0.4, -0.2) is 68.9 Å². The van der Waals surface area contributed by atoms with Crippen LogP contribution in [0.4, 0.5) is 18.0 Å². The zero-order valence-corrected chi connectivity index (χ0v) is 19.5. The molecule has 7 nitrogen and oxygen atoms in total. The second kappa shape index (κ2) is 8.98. The summed E-state index contributed by atoms with van der Waals surface area (Å²) in [6.45, 7) is 8.92. The van der Waals surface area contributed by atoms with Crippen LogP contribution in [0.25, 0.3) is 21.8 Å². The quantitative estimate of drug-likeness (QED) is 0.580. The molecule has 1 aromatic carbocycles. The molecule has 1 amide bonds. The van der Waals surface area contributed by atoms with Crippen LogP contribution in [0.1, 0.15) is 32.9 Å². The molecular formula is C24H29F3N4O3. The number of carbonyl (C=O) groups is 1. The van der Waals surface area contributed by atoms with Gasteiger partial charge in [-0.15, -0.1) is 0 Å². The molecule has 10 heteroatoms. The molecule has 3 aromatic rings. The first-order chi connectivity index (χ1) is 15.9. The van der Waals surface area contributed by atoms with Gasteiger partial charge in [-0.1, -0.05) is 0 Å². The monoisotopic (exact) mass is 478 g/mol. The van der Waals surface area contributed by atoms with Crippen LogP contribution < -0.4 is 0 Å². The lowest BCUT2D eigenvalue weighted by atomic mass is 10.1. The Kier molecular flexibility index (Phi) is 6.37. The average molecular weight is 479 g/mol. The number of phenols is 1. The first-order valence-electron chi connectivity index (χ1n) is 11.3. The molecule has 3 heterocycles. The number of hydrogen-bond acceptors (Lipinski definition) is 5. The number of alkyl halides is 3. The number of amides is 1. The smallest absolute Gasteiger partial charge is 0.435 e. The van der Waals surface area contributed by atoms with Crippen LogP contribution in [0.15, 0.2) is 30.5 Å². The van der Waals surface area contributed by atoms with Crippen molar-refractivity contribution >= 4 is 27.9 Å². The van der Waals surface area contributed by atoms with Crippen LogP contribution in [0, 0.1) is 0 Å². The highest BCUT2D eigenvalue weighted by Gasteiger charge is 2.36.